The number of rotatable bonds is 7. The average molecular weight is 378 g/mol. The molecule has 4 rings (SSSR count). The zero-order chi connectivity index (χ0) is 19.3. The molecule has 1 N–H and O–H groups in total. The van der Waals surface area contributed by atoms with Crippen LogP contribution < -0.4 is 19.5 Å². The highest BCUT2D eigenvalue weighted by Gasteiger charge is 2.18. The standard InChI is InChI=1S/C22H22N2O4/c1-26-18-7-5-17(6-8-18)19(24-10-2-3-11-24)13-22(25)23-14-16-4-9-20-21(12-16)28-15-27-20/h2-12,19H,13-15H2,1H3,(H,23,25). The summed E-state index contributed by atoms with van der Waals surface area (Å²) in [5.41, 5.74) is 2.02. The van der Waals surface area contributed by atoms with E-state index < -0.39 is 0 Å². The predicted molar refractivity (Wildman–Crippen MR) is 105 cm³/mol. The summed E-state index contributed by atoms with van der Waals surface area (Å²) in [4.78, 5) is 12.6. The van der Waals surface area contributed by atoms with Gasteiger partial charge in [-0.1, -0.05) is 18.2 Å². The fourth-order valence-corrected chi connectivity index (χ4v) is 3.28. The van der Waals surface area contributed by atoms with Gasteiger partial charge in [-0.25, -0.2) is 0 Å². The van der Waals surface area contributed by atoms with E-state index in [1.165, 1.54) is 0 Å². The van der Waals surface area contributed by atoms with E-state index in [1.807, 2.05) is 71.6 Å². The molecule has 6 nitrogen and oxygen atoms in total. The number of hydrogen-bond donors (Lipinski definition) is 1. The fraction of sp³-hybridized carbons (Fsp3) is 0.227. The molecule has 2 aromatic carbocycles. The van der Waals surface area contributed by atoms with Crippen LogP contribution in [0.25, 0.3) is 0 Å². The zero-order valence-corrected chi connectivity index (χ0v) is 15.6. The van der Waals surface area contributed by atoms with Crippen LogP contribution in [-0.4, -0.2) is 24.4 Å². The predicted octanol–water partition coefficient (Wildman–Crippen LogP) is 3.52. The van der Waals surface area contributed by atoms with Crippen molar-refractivity contribution < 1.29 is 19.0 Å². The highest BCUT2D eigenvalue weighted by Crippen LogP contribution is 2.32. The lowest BCUT2D eigenvalue weighted by molar-refractivity contribution is -0.121. The Morgan fingerprint density at radius 1 is 1.11 bits per heavy atom. The average Bonchev–Trinajstić information content (AvgIpc) is 3.42. The topological polar surface area (TPSA) is 61.7 Å². The molecule has 144 valence electrons. The van der Waals surface area contributed by atoms with Crippen molar-refractivity contribution in [2.24, 2.45) is 0 Å². The van der Waals surface area contributed by atoms with Crippen molar-refractivity contribution in [1.82, 2.24) is 9.88 Å². The van der Waals surface area contributed by atoms with Crippen molar-refractivity contribution in [1.29, 1.82) is 0 Å². The van der Waals surface area contributed by atoms with Crippen LogP contribution >= 0.6 is 0 Å². The number of hydrogen-bond acceptors (Lipinski definition) is 4. The molecule has 28 heavy (non-hydrogen) atoms. The smallest absolute Gasteiger partial charge is 0.231 e. The van der Waals surface area contributed by atoms with Gasteiger partial charge < -0.3 is 24.1 Å². The van der Waals surface area contributed by atoms with Crippen LogP contribution in [-0.2, 0) is 11.3 Å². The first kappa shape index (κ1) is 18.0. The van der Waals surface area contributed by atoms with Gasteiger partial charge in [-0.05, 0) is 47.5 Å². The van der Waals surface area contributed by atoms with E-state index in [9.17, 15) is 4.79 Å². The molecule has 0 fully saturated rings. The summed E-state index contributed by atoms with van der Waals surface area (Å²) in [5.74, 6) is 2.23. The molecular formula is C22H22N2O4. The molecule has 0 saturated heterocycles. The number of fused-ring (bicyclic) bond motifs is 1. The van der Waals surface area contributed by atoms with E-state index in [-0.39, 0.29) is 18.7 Å². The summed E-state index contributed by atoms with van der Waals surface area (Å²) in [6.07, 6.45) is 4.28. The second-order valence-corrected chi connectivity index (χ2v) is 6.59. The van der Waals surface area contributed by atoms with Crippen molar-refractivity contribution in [3.05, 3.63) is 78.1 Å². The van der Waals surface area contributed by atoms with Gasteiger partial charge in [0, 0.05) is 18.9 Å². The molecule has 0 aliphatic carbocycles. The van der Waals surface area contributed by atoms with E-state index in [0.29, 0.717) is 13.0 Å². The molecule has 1 aromatic heterocycles. The minimum absolute atomic E-state index is 0.0211. The first-order valence-corrected chi connectivity index (χ1v) is 9.14. The van der Waals surface area contributed by atoms with Crippen LogP contribution in [0.5, 0.6) is 17.2 Å². The summed E-state index contributed by atoms with van der Waals surface area (Å²) in [6, 6.07) is 17.3. The highest BCUT2D eigenvalue weighted by atomic mass is 16.7. The van der Waals surface area contributed by atoms with Crippen molar-refractivity contribution in [3.8, 4) is 17.2 Å². The number of carbonyl (C=O) groups is 1. The Balaban J connectivity index is 1.43. The Morgan fingerprint density at radius 3 is 2.61 bits per heavy atom. The van der Waals surface area contributed by atoms with E-state index in [1.54, 1.807) is 7.11 Å². The van der Waals surface area contributed by atoms with Gasteiger partial charge in [-0.15, -0.1) is 0 Å². The normalized spacial score (nSPS) is 13.2. The molecule has 1 unspecified atom stereocenters. The van der Waals surface area contributed by atoms with Crippen molar-refractivity contribution in [3.63, 3.8) is 0 Å². The van der Waals surface area contributed by atoms with Crippen LogP contribution in [0.15, 0.2) is 67.0 Å². The maximum absolute atomic E-state index is 12.6. The maximum atomic E-state index is 12.6. The van der Waals surface area contributed by atoms with Gasteiger partial charge in [-0.3, -0.25) is 4.79 Å². The first-order valence-electron chi connectivity index (χ1n) is 9.14. The Morgan fingerprint density at radius 2 is 1.86 bits per heavy atom. The number of nitrogens with zero attached hydrogens (tertiary/aromatic N) is 1. The number of benzene rings is 2. The van der Waals surface area contributed by atoms with Crippen LogP contribution in [0.1, 0.15) is 23.6 Å². The molecule has 1 amide bonds. The molecule has 0 spiro atoms. The van der Waals surface area contributed by atoms with E-state index in [0.717, 1.165) is 28.4 Å². The fourth-order valence-electron chi connectivity index (χ4n) is 3.28. The Hall–Kier alpha value is -3.41. The van der Waals surface area contributed by atoms with E-state index in [2.05, 4.69) is 5.32 Å². The molecule has 2 heterocycles. The van der Waals surface area contributed by atoms with Crippen molar-refractivity contribution in [2.75, 3.05) is 13.9 Å². The Labute approximate surface area is 163 Å². The maximum Gasteiger partial charge on any atom is 0.231 e. The van der Waals surface area contributed by atoms with E-state index in [4.69, 9.17) is 14.2 Å². The first-order chi connectivity index (χ1) is 13.7. The molecule has 6 heteroatoms. The number of amides is 1. The summed E-state index contributed by atoms with van der Waals surface area (Å²) in [7, 11) is 1.64. The number of ether oxygens (including phenoxy) is 3. The van der Waals surface area contributed by atoms with E-state index >= 15 is 0 Å². The van der Waals surface area contributed by atoms with Gasteiger partial charge >= 0.3 is 0 Å². The van der Waals surface area contributed by atoms with Crippen LogP contribution in [0.4, 0.5) is 0 Å². The zero-order valence-electron chi connectivity index (χ0n) is 15.6. The molecule has 0 saturated carbocycles. The number of methoxy groups -OCH3 is 1. The third-order valence-corrected chi connectivity index (χ3v) is 4.79. The van der Waals surface area contributed by atoms with Crippen molar-refractivity contribution >= 4 is 5.91 Å². The lowest BCUT2D eigenvalue weighted by atomic mass is 10.0. The second kappa shape index (κ2) is 8.08. The summed E-state index contributed by atoms with van der Waals surface area (Å²) in [5, 5.41) is 3.00. The largest absolute Gasteiger partial charge is 0.497 e. The number of carbonyl (C=O) groups excluding carboxylic acids is 1. The van der Waals surface area contributed by atoms with Crippen molar-refractivity contribution in [2.45, 2.75) is 19.0 Å². The Bertz CT molecular complexity index is 936. The molecule has 1 aliphatic heterocycles. The van der Waals surface area contributed by atoms with Gasteiger partial charge in [0.2, 0.25) is 12.7 Å². The lowest BCUT2D eigenvalue weighted by Gasteiger charge is -2.20. The second-order valence-electron chi connectivity index (χ2n) is 6.59. The minimum Gasteiger partial charge on any atom is -0.497 e. The quantitative estimate of drug-likeness (QED) is 0.683. The molecular weight excluding hydrogens is 356 g/mol. The van der Waals surface area contributed by atoms with Gasteiger partial charge in [0.25, 0.3) is 0 Å². The Kier molecular flexibility index (Phi) is 5.19. The number of nitrogens with one attached hydrogen (secondary N) is 1. The molecule has 0 radical (unpaired) electrons. The SMILES string of the molecule is COc1ccc(C(CC(=O)NCc2ccc3c(c2)OCO3)n2cccc2)cc1. The summed E-state index contributed by atoms with van der Waals surface area (Å²) in [6.45, 7) is 0.683. The van der Waals surface area contributed by atoms with Gasteiger partial charge in [0.15, 0.2) is 11.5 Å². The van der Waals surface area contributed by atoms with Gasteiger partial charge in [0.1, 0.15) is 5.75 Å². The third-order valence-electron chi connectivity index (χ3n) is 4.79. The highest BCUT2D eigenvalue weighted by molar-refractivity contribution is 5.77. The monoisotopic (exact) mass is 378 g/mol. The third kappa shape index (κ3) is 3.96. The van der Waals surface area contributed by atoms with Crippen LogP contribution in [0, 0.1) is 0 Å². The lowest BCUT2D eigenvalue weighted by Crippen LogP contribution is -2.26. The van der Waals surface area contributed by atoms with Gasteiger partial charge in [0.05, 0.1) is 19.6 Å². The van der Waals surface area contributed by atoms with Crippen LogP contribution in [0.3, 0.4) is 0 Å². The summed E-state index contributed by atoms with van der Waals surface area (Å²) < 4.78 is 18.0. The van der Waals surface area contributed by atoms with Gasteiger partial charge in [-0.2, -0.15) is 0 Å². The summed E-state index contributed by atoms with van der Waals surface area (Å²) >= 11 is 0. The molecule has 1 atom stereocenters. The minimum atomic E-state index is -0.0855. The molecule has 3 aromatic rings. The molecule has 1 aliphatic rings. The number of aromatic nitrogens is 1. The molecule has 0 bridgehead atoms. The van der Waals surface area contributed by atoms with Crippen LogP contribution in [0.2, 0.25) is 0 Å².